The zero-order chi connectivity index (χ0) is 16.7. The summed E-state index contributed by atoms with van der Waals surface area (Å²) in [5.41, 5.74) is 2.62. The Labute approximate surface area is 140 Å². The van der Waals surface area contributed by atoms with E-state index in [-0.39, 0.29) is 6.10 Å². The Hall–Kier alpha value is -1.58. The molecule has 0 fully saturated rings. The maximum Gasteiger partial charge on any atom is 0.0664 e. The third-order valence-electron chi connectivity index (χ3n) is 4.07. The molecule has 23 heavy (non-hydrogen) atoms. The average Bonchev–Trinajstić information content (AvgIpc) is 2.94. The summed E-state index contributed by atoms with van der Waals surface area (Å²) >= 11 is 0. The fraction of sp³-hybridized carbons (Fsp3) is 0.500. The molecule has 0 saturated carbocycles. The van der Waals surface area contributed by atoms with Crippen molar-refractivity contribution in [3.05, 3.63) is 59.9 Å². The van der Waals surface area contributed by atoms with E-state index in [0.29, 0.717) is 5.92 Å². The van der Waals surface area contributed by atoms with Crippen molar-refractivity contribution in [1.29, 1.82) is 0 Å². The second kappa shape index (κ2) is 8.90. The van der Waals surface area contributed by atoms with Crippen LogP contribution in [0, 0.1) is 5.92 Å². The van der Waals surface area contributed by atoms with Gasteiger partial charge in [-0.15, -0.1) is 0 Å². The lowest BCUT2D eigenvalue weighted by Crippen LogP contribution is -2.35. The van der Waals surface area contributed by atoms with Crippen LogP contribution >= 0.6 is 0 Å². The molecule has 0 bridgehead atoms. The van der Waals surface area contributed by atoms with E-state index in [1.165, 1.54) is 11.3 Å². The summed E-state index contributed by atoms with van der Waals surface area (Å²) in [5, 5.41) is 10.0. The molecule has 2 rings (SSSR count). The van der Waals surface area contributed by atoms with E-state index < -0.39 is 0 Å². The van der Waals surface area contributed by atoms with Crippen LogP contribution in [0.2, 0.25) is 0 Å². The van der Waals surface area contributed by atoms with Crippen molar-refractivity contribution in [3.63, 3.8) is 0 Å². The molecule has 0 aliphatic carbocycles. The summed E-state index contributed by atoms with van der Waals surface area (Å²) in [6.07, 6.45) is 2.71. The van der Waals surface area contributed by atoms with Crippen LogP contribution in [0.3, 0.4) is 0 Å². The lowest BCUT2D eigenvalue weighted by Gasteiger charge is -2.27. The van der Waals surface area contributed by atoms with Gasteiger partial charge in [0, 0.05) is 38.1 Å². The SMILES string of the molecule is CC[C@@H](O)CN(Cc1cccn1Cc1ccccc1)CC(C)C. The Morgan fingerprint density at radius 1 is 1.04 bits per heavy atom. The molecule has 1 aromatic heterocycles. The number of nitrogens with zero attached hydrogens (tertiary/aromatic N) is 2. The summed E-state index contributed by atoms with van der Waals surface area (Å²) in [4.78, 5) is 2.37. The molecule has 1 N–H and O–H groups in total. The summed E-state index contributed by atoms with van der Waals surface area (Å²) in [6.45, 7) is 10.0. The van der Waals surface area contributed by atoms with Gasteiger partial charge in [-0.2, -0.15) is 0 Å². The second-order valence-electron chi connectivity index (χ2n) is 6.76. The lowest BCUT2D eigenvalue weighted by molar-refractivity contribution is 0.0973. The largest absolute Gasteiger partial charge is 0.392 e. The molecule has 0 spiro atoms. The quantitative estimate of drug-likeness (QED) is 0.763. The average molecular weight is 314 g/mol. The van der Waals surface area contributed by atoms with Crippen molar-refractivity contribution in [2.75, 3.05) is 13.1 Å². The summed E-state index contributed by atoms with van der Waals surface area (Å²) < 4.78 is 2.31. The van der Waals surface area contributed by atoms with Gasteiger partial charge in [0.1, 0.15) is 0 Å². The molecule has 0 radical (unpaired) electrons. The lowest BCUT2D eigenvalue weighted by atomic mass is 10.1. The maximum atomic E-state index is 10.0. The molecule has 3 nitrogen and oxygen atoms in total. The van der Waals surface area contributed by atoms with Crippen molar-refractivity contribution < 1.29 is 5.11 Å². The highest BCUT2D eigenvalue weighted by Gasteiger charge is 2.14. The van der Waals surface area contributed by atoms with Crippen LogP contribution in [0.5, 0.6) is 0 Å². The monoisotopic (exact) mass is 314 g/mol. The highest BCUT2D eigenvalue weighted by atomic mass is 16.3. The molecule has 1 atom stereocenters. The fourth-order valence-corrected chi connectivity index (χ4v) is 2.90. The number of hydrogen-bond donors (Lipinski definition) is 1. The normalized spacial score (nSPS) is 13.0. The number of aliphatic hydroxyl groups excluding tert-OH is 1. The third-order valence-corrected chi connectivity index (χ3v) is 4.07. The van der Waals surface area contributed by atoms with Gasteiger partial charge in [-0.3, -0.25) is 4.90 Å². The zero-order valence-electron chi connectivity index (χ0n) is 14.7. The molecule has 1 aromatic carbocycles. The maximum absolute atomic E-state index is 10.0. The van der Waals surface area contributed by atoms with E-state index in [2.05, 4.69) is 72.0 Å². The van der Waals surface area contributed by atoms with Gasteiger partial charge < -0.3 is 9.67 Å². The minimum atomic E-state index is -0.244. The first-order valence-electron chi connectivity index (χ1n) is 8.66. The van der Waals surface area contributed by atoms with Gasteiger partial charge >= 0.3 is 0 Å². The van der Waals surface area contributed by atoms with Gasteiger partial charge in [0.15, 0.2) is 0 Å². The number of rotatable bonds is 9. The molecule has 0 unspecified atom stereocenters. The van der Waals surface area contributed by atoms with Gasteiger partial charge in [-0.05, 0) is 30.0 Å². The predicted octanol–water partition coefficient (Wildman–Crippen LogP) is 3.77. The minimum Gasteiger partial charge on any atom is -0.392 e. The summed E-state index contributed by atoms with van der Waals surface area (Å²) in [7, 11) is 0. The number of aliphatic hydroxyl groups is 1. The smallest absolute Gasteiger partial charge is 0.0664 e. The molecule has 2 aromatic rings. The Balaban J connectivity index is 2.06. The number of benzene rings is 1. The third kappa shape index (κ3) is 5.85. The van der Waals surface area contributed by atoms with Crippen LogP contribution < -0.4 is 0 Å². The van der Waals surface area contributed by atoms with E-state index in [0.717, 1.165) is 32.6 Å². The number of aromatic nitrogens is 1. The highest BCUT2D eigenvalue weighted by Crippen LogP contribution is 2.13. The summed E-state index contributed by atoms with van der Waals surface area (Å²) in [6, 6.07) is 14.8. The van der Waals surface area contributed by atoms with E-state index in [4.69, 9.17) is 0 Å². The number of hydrogen-bond acceptors (Lipinski definition) is 2. The first kappa shape index (κ1) is 17.8. The molecule has 0 aliphatic heterocycles. The van der Waals surface area contributed by atoms with E-state index in [9.17, 15) is 5.11 Å². The predicted molar refractivity (Wildman–Crippen MR) is 96.4 cm³/mol. The van der Waals surface area contributed by atoms with E-state index >= 15 is 0 Å². The van der Waals surface area contributed by atoms with Crippen molar-refractivity contribution >= 4 is 0 Å². The Kier molecular flexibility index (Phi) is 6.87. The van der Waals surface area contributed by atoms with Gasteiger partial charge in [0.25, 0.3) is 0 Å². The van der Waals surface area contributed by atoms with Crippen LogP contribution in [0.4, 0.5) is 0 Å². The molecule has 0 saturated heterocycles. The van der Waals surface area contributed by atoms with Crippen LogP contribution in [0.25, 0.3) is 0 Å². The molecule has 1 heterocycles. The van der Waals surface area contributed by atoms with Gasteiger partial charge in [-0.25, -0.2) is 0 Å². The molecule has 0 aliphatic rings. The van der Waals surface area contributed by atoms with Crippen LogP contribution in [-0.2, 0) is 13.1 Å². The highest BCUT2D eigenvalue weighted by molar-refractivity contribution is 5.17. The topological polar surface area (TPSA) is 28.4 Å². The molecular formula is C20H30N2O. The molecule has 126 valence electrons. The van der Waals surface area contributed by atoms with Crippen molar-refractivity contribution in [3.8, 4) is 0 Å². The second-order valence-corrected chi connectivity index (χ2v) is 6.76. The van der Waals surface area contributed by atoms with Gasteiger partial charge in [0.2, 0.25) is 0 Å². The fourth-order valence-electron chi connectivity index (χ4n) is 2.90. The molecule has 0 amide bonds. The Bertz CT molecular complexity index is 562. The van der Waals surface area contributed by atoms with Gasteiger partial charge in [0.05, 0.1) is 6.10 Å². The summed E-state index contributed by atoms with van der Waals surface area (Å²) in [5.74, 6) is 0.594. The van der Waals surface area contributed by atoms with Crippen molar-refractivity contribution in [1.82, 2.24) is 9.47 Å². The minimum absolute atomic E-state index is 0.244. The van der Waals surface area contributed by atoms with Crippen LogP contribution in [0.1, 0.15) is 38.4 Å². The zero-order valence-corrected chi connectivity index (χ0v) is 14.7. The van der Waals surface area contributed by atoms with Gasteiger partial charge in [-0.1, -0.05) is 51.1 Å². The Morgan fingerprint density at radius 3 is 2.43 bits per heavy atom. The Morgan fingerprint density at radius 2 is 1.78 bits per heavy atom. The standard InChI is InChI=1S/C20H30N2O/c1-4-20(23)16-21(13-17(2)3)15-19-11-8-12-22(19)14-18-9-6-5-7-10-18/h5-12,17,20,23H,4,13-16H2,1-3H3/t20-/m1/s1. The molecular weight excluding hydrogens is 284 g/mol. The van der Waals surface area contributed by atoms with Crippen LogP contribution in [0.15, 0.2) is 48.7 Å². The van der Waals surface area contributed by atoms with Crippen molar-refractivity contribution in [2.24, 2.45) is 5.92 Å². The molecule has 3 heteroatoms. The first-order chi connectivity index (χ1) is 11.1. The first-order valence-corrected chi connectivity index (χ1v) is 8.66. The van der Waals surface area contributed by atoms with Crippen molar-refractivity contribution in [2.45, 2.75) is 46.4 Å². The van der Waals surface area contributed by atoms with Crippen LogP contribution in [-0.4, -0.2) is 33.8 Å². The van der Waals surface area contributed by atoms with E-state index in [1.807, 2.05) is 6.92 Å². The van der Waals surface area contributed by atoms with E-state index in [1.54, 1.807) is 0 Å².